The molecule has 3 aromatic carbocycles. The first-order valence-corrected chi connectivity index (χ1v) is 11.2. The fourth-order valence-corrected chi connectivity index (χ4v) is 3.59. The maximum atomic E-state index is 14.7. The second-order valence-corrected chi connectivity index (χ2v) is 8.48. The molecule has 4 rings (SSSR count). The van der Waals surface area contributed by atoms with Crippen molar-refractivity contribution >= 4 is 29.1 Å². The third-order valence-electron chi connectivity index (χ3n) is 5.35. The summed E-state index contributed by atoms with van der Waals surface area (Å²) < 4.78 is 58.8. The van der Waals surface area contributed by atoms with Crippen molar-refractivity contribution in [2.24, 2.45) is 0 Å². The number of ether oxygens (including phenoxy) is 1. The zero-order valence-corrected chi connectivity index (χ0v) is 20.4. The number of benzene rings is 3. The second kappa shape index (κ2) is 11.6. The smallest absolute Gasteiger partial charge is 0.414 e. The number of nitrogens with one attached hydrogen (secondary N) is 1. The van der Waals surface area contributed by atoms with Crippen molar-refractivity contribution in [1.82, 2.24) is 5.32 Å². The zero-order valence-electron chi connectivity index (χ0n) is 20.4. The first-order valence-electron chi connectivity index (χ1n) is 11.2. The summed E-state index contributed by atoms with van der Waals surface area (Å²) in [7, 11) is 3.75. The van der Waals surface area contributed by atoms with Gasteiger partial charge in [-0.05, 0) is 42.0 Å². The van der Waals surface area contributed by atoms with Crippen LogP contribution < -0.4 is 20.9 Å². The van der Waals surface area contributed by atoms with E-state index in [0.717, 1.165) is 40.9 Å². The fraction of sp³-hybridized carbons (Fsp3) is 0.231. The van der Waals surface area contributed by atoms with Crippen LogP contribution in [0, 0.1) is 23.3 Å². The molecular weight excluding hydrogens is 492 g/mol. The minimum atomic E-state index is -0.772. The van der Waals surface area contributed by atoms with Gasteiger partial charge in [-0.2, -0.15) is 0 Å². The molecule has 0 bridgehead atoms. The number of hydrogen-bond acceptors (Lipinski definition) is 5. The summed E-state index contributed by atoms with van der Waals surface area (Å²) in [6.07, 6.45) is -1.29. The van der Waals surface area contributed by atoms with Crippen molar-refractivity contribution in [1.29, 1.82) is 0 Å². The first kappa shape index (κ1) is 27.3. The Bertz CT molecular complexity index is 1210. The Hall–Kier alpha value is -4.28. The first-order chi connectivity index (χ1) is 17.4. The lowest BCUT2D eigenvalue weighted by Crippen LogP contribution is -2.33. The van der Waals surface area contributed by atoms with Gasteiger partial charge in [0.05, 0.1) is 24.3 Å². The topological polar surface area (TPSA) is 87.9 Å². The molecule has 1 fully saturated rings. The number of hydrogen-bond donors (Lipinski definition) is 2. The number of anilines is 3. The second-order valence-electron chi connectivity index (χ2n) is 8.48. The average molecular weight is 519 g/mol. The van der Waals surface area contributed by atoms with Gasteiger partial charge in [0.15, 0.2) is 0 Å². The Morgan fingerprint density at radius 3 is 2.08 bits per heavy atom. The molecule has 1 aliphatic rings. The number of nitrogen functional groups attached to an aromatic ring is 1. The molecule has 1 heterocycles. The quantitative estimate of drug-likeness (QED) is 0.378. The van der Waals surface area contributed by atoms with Crippen LogP contribution in [0.4, 0.5) is 39.4 Å². The lowest BCUT2D eigenvalue weighted by atomic mass is 10.0. The number of carbonyl (C=O) groups excluding carboxylic acids is 2. The summed E-state index contributed by atoms with van der Waals surface area (Å²) in [6, 6.07) is 11.9. The molecule has 2 amide bonds. The molecule has 37 heavy (non-hydrogen) atoms. The molecule has 1 aliphatic heterocycles. The van der Waals surface area contributed by atoms with Crippen LogP contribution in [-0.4, -0.2) is 45.3 Å². The highest BCUT2D eigenvalue weighted by Crippen LogP contribution is 2.32. The molecular formula is C26H26F4N4O3. The van der Waals surface area contributed by atoms with Gasteiger partial charge < -0.3 is 20.7 Å². The number of nitrogens with zero attached hydrogens (tertiary/aromatic N) is 2. The highest BCUT2D eigenvalue weighted by Gasteiger charge is 2.33. The van der Waals surface area contributed by atoms with Crippen LogP contribution in [-0.2, 0) is 9.53 Å². The van der Waals surface area contributed by atoms with Gasteiger partial charge >= 0.3 is 6.09 Å². The van der Waals surface area contributed by atoms with E-state index in [1.54, 1.807) is 24.3 Å². The fourth-order valence-electron chi connectivity index (χ4n) is 3.59. The van der Waals surface area contributed by atoms with Gasteiger partial charge in [-0.25, -0.2) is 22.4 Å². The predicted molar refractivity (Wildman–Crippen MR) is 133 cm³/mol. The standard InChI is InChI=1S/C20H21F2N3O3.C6H5F2N/c1-12(26)23-10-16-11-25(20(27)28-16)15-8-17(21)19(18(22)9-15)13-4-6-14(7-5-13)24(2)3;7-4-1-5(8)3-6(9)2-4/h4-9,16H,10-11H2,1-3H3,(H,23,26);1-3H,9H2. The highest BCUT2D eigenvalue weighted by atomic mass is 19.1. The lowest BCUT2D eigenvalue weighted by molar-refractivity contribution is -0.119. The molecule has 0 aliphatic carbocycles. The Morgan fingerprint density at radius 2 is 1.59 bits per heavy atom. The summed E-state index contributed by atoms with van der Waals surface area (Å²) in [5.41, 5.74) is 6.41. The Kier molecular flexibility index (Phi) is 8.59. The SMILES string of the molecule is CC(=O)NCC1CN(c2cc(F)c(-c3ccc(N(C)C)cc3)c(F)c2)C(=O)O1.Nc1cc(F)cc(F)c1. The Balaban J connectivity index is 0.000000356. The maximum Gasteiger partial charge on any atom is 0.414 e. The van der Waals surface area contributed by atoms with Gasteiger partial charge in [0.25, 0.3) is 0 Å². The van der Waals surface area contributed by atoms with E-state index in [9.17, 15) is 27.2 Å². The Labute approximate surface area is 211 Å². The van der Waals surface area contributed by atoms with E-state index in [0.29, 0.717) is 5.56 Å². The van der Waals surface area contributed by atoms with Crippen LogP contribution in [0.1, 0.15) is 6.92 Å². The normalized spacial score (nSPS) is 14.5. The van der Waals surface area contributed by atoms with E-state index in [4.69, 9.17) is 10.5 Å². The maximum absolute atomic E-state index is 14.7. The van der Waals surface area contributed by atoms with Gasteiger partial charge in [0, 0.05) is 38.5 Å². The van der Waals surface area contributed by atoms with Crippen LogP contribution in [0.3, 0.4) is 0 Å². The van der Waals surface area contributed by atoms with Crippen LogP contribution in [0.2, 0.25) is 0 Å². The summed E-state index contributed by atoms with van der Waals surface area (Å²) >= 11 is 0. The highest BCUT2D eigenvalue weighted by molar-refractivity contribution is 5.90. The number of carbonyl (C=O) groups is 2. The third kappa shape index (κ3) is 7.12. The predicted octanol–water partition coefficient (Wildman–Crippen LogP) is 4.71. The molecule has 7 nitrogen and oxygen atoms in total. The van der Waals surface area contributed by atoms with Gasteiger partial charge in [0.2, 0.25) is 5.91 Å². The molecule has 196 valence electrons. The molecule has 1 saturated heterocycles. The van der Waals surface area contributed by atoms with E-state index in [1.165, 1.54) is 6.92 Å². The number of cyclic esters (lactones) is 1. The van der Waals surface area contributed by atoms with Crippen molar-refractivity contribution in [3.05, 3.63) is 77.9 Å². The molecule has 0 saturated carbocycles. The number of amides is 2. The molecule has 3 aromatic rings. The lowest BCUT2D eigenvalue weighted by Gasteiger charge is -2.16. The monoisotopic (exact) mass is 518 g/mol. The number of halogens is 4. The molecule has 0 spiro atoms. The van der Waals surface area contributed by atoms with Gasteiger partial charge in [-0.1, -0.05) is 12.1 Å². The molecule has 0 radical (unpaired) electrons. The van der Waals surface area contributed by atoms with E-state index in [1.807, 2.05) is 19.0 Å². The largest absolute Gasteiger partial charge is 0.442 e. The average Bonchev–Trinajstić information content (AvgIpc) is 3.17. The summed E-state index contributed by atoms with van der Waals surface area (Å²) in [5.74, 6) is -3.09. The van der Waals surface area contributed by atoms with E-state index < -0.39 is 35.5 Å². The zero-order chi connectivity index (χ0) is 27.3. The van der Waals surface area contributed by atoms with Crippen LogP contribution in [0.5, 0.6) is 0 Å². The van der Waals surface area contributed by atoms with Crippen molar-refractivity contribution in [2.45, 2.75) is 13.0 Å². The van der Waals surface area contributed by atoms with E-state index in [-0.39, 0.29) is 35.9 Å². The third-order valence-corrected chi connectivity index (χ3v) is 5.35. The van der Waals surface area contributed by atoms with E-state index >= 15 is 0 Å². The minimum absolute atomic E-state index is 0.0685. The van der Waals surface area contributed by atoms with Gasteiger partial charge in [-0.15, -0.1) is 0 Å². The van der Waals surface area contributed by atoms with E-state index in [2.05, 4.69) is 5.32 Å². The van der Waals surface area contributed by atoms with Crippen LogP contribution in [0.15, 0.2) is 54.6 Å². The summed E-state index contributed by atoms with van der Waals surface area (Å²) in [5, 5.41) is 2.55. The van der Waals surface area contributed by atoms with Crippen molar-refractivity contribution in [3.63, 3.8) is 0 Å². The van der Waals surface area contributed by atoms with Crippen LogP contribution in [0.25, 0.3) is 11.1 Å². The van der Waals surface area contributed by atoms with Crippen molar-refractivity contribution in [3.8, 4) is 11.1 Å². The number of nitrogens with two attached hydrogens (primary N) is 1. The summed E-state index contributed by atoms with van der Waals surface area (Å²) in [6.45, 7) is 1.58. The van der Waals surface area contributed by atoms with Gasteiger partial charge in [0.1, 0.15) is 29.4 Å². The van der Waals surface area contributed by atoms with Crippen LogP contribution >= 0.6 is 0 Å². The van der Waals surface area contributed by atoms with Crippen molar-refractivity contribution in [2.75, 3.05) is 42.7 Å². The van der Waals surface area contributed by atoms with Crippen molar-refractivity contribution < 1.29 is 31.9 Å². The Morgan fingerprint density at radius 1 is 1.03 bits per heavy atom. The molecule has 11 heteroatoms. The van der Waals surface area contributed by atoms with Gasteiger partial charge in [-0.3, -0.25) is 9.69 Å². The molecule has 0 aromatic heterocycles. The minimum Gasteiger partial charge on any atom is -0.442 e. The summed E-state index contributed by atoms with van der Waals surface area (Å²) in [4.78, 5) is 26.1. The molecule has 1 atom stereocenters. The number of rotatable bonds is 5. The molecule has 1 unspecified atom stereocenters. The molecule has 3 N–H and O–H groups in total.